The molecule has 164 valence electrons. The van der Waals surface area contributed by atoms with Crippen LogP contribution in [0.4, 0.5) is 0 Å². The number of rotatable bonds is 6. The Bertz CT molecular complexity index is 1060. The molecule has 1 unspecified atom stereocenters. The number of ether oxygens (including phenoxy) is 1. The fraction of sp³-hybridized carbons (Fsp3) is 0.320. The van der Waals surface area contributed by atoms with Gasteiger partial charge in [-0.3, -0.25) is 4.79 Å². The minimum Gasteiger partial charge on any atom is -0.508 e. The van der Waals surface area contributed by atoms with E-state index in [0.717, 1.165) is 18.4 Å². The van der Waals surface area contributed by atoms with Crippen LogP contribution in [-0.4, -0.2) is 26.2 Å². The van der Waals surface area contributed by atoms with Crippen molar-refractivity contribution in [3.8, 4) is 28.7 Å². The lowest BCUT2D eigenvalue weighted by Crippen LogP contribution is -2.21. The van der Waals surface area contributed by atoms with Crippen molar-refractivity contribution in [2.75, 3.05) is 0 Å². The summed E-state index contributed by atoms with van der Waals surface area (Å²) >= 11 is 0. The molecule has 1 aliphatic rings. The molecule has 0 aromatic heterocycles. The summed E-state index contributed by atoms with van der Waals surface area (Å²) in [4.78, 5) is 12.8. The Hall–Kier alpha value is -3.41. The molecule has 6 heteroatoms. The Morgan fingerprint density at radius 1 is 1.06 bits per heavy atom. The van der Waals surface area contributed by atoms with Gasteiger partial charge in [0.1, 0.15) is 40.4 Å². The molecule has 0 fully saturated rings. The van der Waals surface area contributed by atoms with Crippen molar-refractivity contribution in [2.24, 2.45) is 0 Å². The Morgan fingerprint density at radius 3 is 2.48 bits per heavy atom. The highest BCUT2D eigenvalue weighted by Gasteiger charge is 2.33. The van der Waals surface area contributed by atoms with Gasteiger partial charge in [-0.15, -0.1) is 0 Å². The predicted octanol–water partition coefficient (Wildman–Crippen LogP) is 5.45. The van der Waals surface area contributed by atoms with Crippen LogP contribution in [0.25, 0.3) is 0 Å². The average Bonchev–Trinajstić information content (AvgIpc) is 2.66. The number of hydrogen-bond donors (Lipinski definition) is 4. The van der Waals surface area contributed by atoms with E-state index in [-0.39, 0.29) is 52.1 Å². The van der Waals surface area contributed by atoms with E-state index in [1.165, 1.54) is 29.8 Å². The maximum Gasteiger partial charge on any atom is 0.174 e. The number of benzene rings is 2. The first-order valence-electron chi connectivity index (χ1n) is 10.3. The Balaban J connectivity index is 1.85. The topological polar surface area (TPSA) is 107 Å². The molecule has 31 heavy (non-hydrogen) atoms. The van der Waals surface area contributed by atoms with Crippen molar-refractivity contribution in [3.63, 3.8) is 0 Å². The molecule has 2 aromatic rings. The van der Waals surface area contributed by atoms with E-state index in [9.17, 15) is 25.2 Å². The number of Topliss-reactive ketones (excluding diaryl/α,β-unsaturated/α-hetero) is 1. The van der Waals surface area contributed by atoms with Gasteiger partial charge in [0.15, 0.2) is 5.78 Å². The van der Waals surface area contributed by atoms with Crippen molar-refractivity contribution in [1.82, 2.24) is 0 Å². The molecule has 0 saturated heterocycles. The van der Waals surface area contributed by atoms with Gasteiger partial charge >= 0.3 is 0 Å². The van der Waals surface area contributed by atoms with Gasteiger partial charge in [0.2, 0.25) is 0 Å². The largest absolute Gasteiger partial charge is 0.508 e. The number of phenolic OH excluding ortho intramolecular Hbond substituents is 4. The van der Waals surface area contributed by atoms with Crippen molar-refractivity contribution in [3.05, 3.63) is 64.3 Å². The summed E-state index contributed by atoms with van der Waals surface area (Å²) in [6.45, 7) is 6.10. The van der Waals surface area contributed by atoms with E-state index in [4.69, 9.17) is 4.74 Å². The van der Waals surface area contributed by atoms with Gasteiger partial charge in [-0.1, -0.05) is 23.3 Å². The summed E-state index contributed by atoms with van der Waals surface area (Å²) < 4.78 is 5.82. The molecule has 0 aliphatic carbocycles. The summed E-state index contributed by atoms with van der Waals surface area (Å²) in [6, 6.07) is 5.37. The molecule has 0 amide bonds. The summed E-state index contributed by atoms with van der Waals surface area (Å²) in [7, 11) is 0. The van der Waals surface area contributed by atoms with Gasteiger partial charge in [-0.2, -0.15) is 0 Å². The molecule has 0 bridgehead atoms. The Labute approximate surface area is 181 Å². The second kappa shape index (κ2) is 9.16. The smallest absolute Gasteiger partial charge is 0.174 e. The third-order valence-electron chi connectivity index (χ3n) is 5.37. The van der Waals surface area contributed by atoms with Crippen molar-refractivity contribution >= 4 is 5.78 Å². The molecular formula is C25H28O6. The van der Waals surface area contributed by atoms with E-state index in [2.05, 4.69) is 19.9 Å². The minimum atomic E-state index is -0.789. The molecule has 1 aliphatic heterocycles. The van der Waals surface area contributed by atoms with Gasteiger partial charge in [0.25, 0.3) is 0 Å². The Morgan fingerprint density at radius 2 is 1.81 bits per heavy atom. The summed E-state index contributed by atoms with van der Waals surface area (Å²) in [6.07, 6.45) is 5.31. The lowest BCUT2D eigenvalue weighted by Gasteiger charge is -2.27. The number of phenols is 4. The van der Waals surface area contributed by atoms with Crippen LogP contribution in [0.1, 0.15) is 67.6 Å². The van der Waals surface area contributed by atoms with Crippen LogP contribution in [0.3, 0.4) is 0 Å². The van der Waals surface area contributed by atoms with Gasteiger partial charge in [0.05, 0.1) is 6.42 Å². The molecule has 0 saturated carbocycles. The number of fused-ring (bicyclic) bond motifs is 1. The van der Waals surface area contributed by atoms with Crippen LogP contribution in [0.15, 0.2) is 47.6 Å². The zero-order valence-corrected chi connectivity index (χ0v) is 18.0. The second-order valence-corrected chi connectivity index (χ2v) is 8.15. The number of hydrogen-bond acceptors (Lipinski definition) is 6. The molecule has 0 spiro atoms. The maximum absolute atomic E-state index is 12.8. The highest BCUT2D eigenvalue weighted by molar-refractivity contribution is 6.03. The first-order valence-corrected chi connectivity index (χ1v) is 10.3. The lowest BCUT2D eigenvalue weighted by molar-refractivity contribution is 0.0841. The third kappa shape index (κ3) is 5.02. The molecule has 2 aromatic carbocycles. The second-order valence-electron chi connectivity index (χ2n) is 8.15. The zero-order valence-electron chi connectivity index (χ0n) is 18.0. The van der Waals surface area contributed by atoms with E-state index < -0.39 is 6.10 Å². The summed E-state index contributed by atoms with van der Waals surface area (Å²) in [5, 5.41) is 40.7. The lowest BCUT2D eigenvalue weighted by atomic mass is 9.92. The maximum atomic E-state index is 12.8. The van der Waals surface area contributed by atoms with Crippen LogP contribution in [0.5, 0.6) is 28.7 Å². The molecule has 1 heterocycles. The fourth-order valence-electron chi connectivity index (χ4n) is 3.65. The SMILES string of the molecule is CC(C)=CCCC(C)=CCc1c(O)cc2c(c1O)C(=O)CC(c1ccc(O)cc1O)O2. The number of carbonyl (C=O) groups excluding carboxylic acids is 1. The minimum absolute atomic E-state index is 0.0397. The monoisotopic (exact) mass is 424 g/mol. The van der Waals surface area contributed by atoms with Gasteiger partial charge in [-0.05, 0) is 52.2 Å². The number of ketones is 1. The van der Waals surface area contributed by atoms with Crippen molar-refractivity contribution < 1.29 is 30.0 Å². The quantitative estimate of drug-likeness (QED) is 0.459. The Kier molecular flexibility index (Phi) is 6.59. The summed E-state index contributed by atoms with van der Waals surface area (Å²) in [5.41, 5.74) is 3.05. The zero-order chi connectivity index (χ0) is 22.7. The molecule has 6 nitrogen and oxygen atoms in total. The third-order valence-corrected chi connectivity index (χ3v) is 5.37. The first kappa shape index (κ1) is 22.3. The number of allylic oxidation sites excluding steroid dienone is 4. The fourth-order valence-corrected chi connectivity index (χ4v) is 3.65. The van der Waals surface area contributed by atoms with Gasteiger partial charge in [-0.25, -0.2) is 0 Å². The molecule has 3 rings (SSSR count). The number of carbonyl (C=O) groups is 1. The van der Waals surface area contributed by atoms with Gasteiger partial charge in [0, 0.05) is 23.3 Å². The van der Waals surface area contributed by atoms with Crippen LogP contribution >= 0.6 is 0 Å². The van der Waals surface area contributed by atoms with Crippen LogP contribution in [-0.2, 0) is 6.42 Å². The van der Waals surface area contributed by atoms with E-state index in [0.29, 0.717) is 12.0 Å². The molecular weight excluding hydrogens is 396 g/mol. The van der Waals surface area contributed by atoms with E-state index in [1.54, 1.807) is 0 Å². The van der Waals surface area contributed by atoms with E-state index in [1.807, 2.05) is 13.0 Å². The van der Waals surface area contributed by atoms with Gasteiger partial charge < -0.3 is 25.2 Å². The standard InChI is InChI=1S/C25H28O6/c1-14(2)5-4-6-15(3)7-9-18-20(28)12-23-24(25(18)30)21(29)13-22(31-23)17-10-8-16(26)11-19(17)27/h5,7-8,10-12,22,26-28,30H,4,6,9,13H2,1-3H3. The predicted molar refractivity (Wildman–Crippen MR) is 118 cm³/mol. The van der Waals surface area contributed by atoms with Crippen molar-refractivity contribution in [2.45, 2.75) is 52.6 Å². The average molecular weight is 424 g/mol. The highest BCUT2D eigenvalue weighted by Crippen LogP contribution is 2.46. The molecule has 4 N–H and O–H groups in total. The summed E-state index contributed by atoms with van der Waals surface area (Å²) in [5.74, 6) is -1.01. The van der Waals surface area contributed by atoms with E-state index >= 15 is 0 Å². The van der Waals surface area contributed by atoms with Crippen LogP contribution in [0.2, 0.25) is 0 Å². The van der Waals surface area contributed by atoms with Crippen LogP contribution in [0, 0.1) is 0 Å². The van der Waals surface area contributed by atoms with Crippen LogP contribution < -0.4 is 4.74 Å². The normalized spacial score (nSPS) is 15.9. The molecule has 0 radical (unpaired) electrons. The van der Waals surface area contributed by atoms with Crippen molar-refractivity contribution in [1.29, 1.82) is 0 Å². The highest BCUT2D eigenvalue weighted by atomic mass is 16.5. The number of aromatic hydroxyl groups is 4. The molecule has 1 atom stereocenters. The first-order chi connectivity index (χ1) is 14.7.